The topological polar surface area (TPSA) is 64.1 Å². The van der Waals surface area contributed by atoms with Gasteiger partial charge in [-0.25, -0.2) is 4.98 Å². The predicted octanol–water partition coefficient (Wildman–Crippen LogP) is 9.59. The fourth-order valence-electron chi connectivity index (χ4n) is 5.57. The molecule has 5 aromatic rings. The van der Waals surface area contributed by atoms with E-state index in [-0.39, 0.29) is 18.3 Å². The third kappa shape index (κ3) is 11.1. The molecule has 0 radical (unpaired) electrons. The number of piperazine rings is 1. The van der Waals surface area contributed by atoms with Crippen LogP contribution in [0.15, 0.2) is 121 Å². The number of halogens is 2. The molecule has 9 heteroatoms. The SMILES string of the molecule is CC(C)c1ccc(OCc2ccc(CN3CCN(C(=O)/C=C/c4ccc(Oc5ccc(OCc6ccccc6Cl)cn5)cc4)CC3)cc2)cc1.Cl. The molecule has 0 aliphatic carbocycles. The van der Waals surface area contributed by atoms with Crippen LogP contribution in [0.1, 0.15) is 47.6 Å². The molecule has 1 saturated heterocycles. The lowest BCUT2D eigenvalue weighted by Gasteiger charge is -2.34. The molecule has 0 saturated carbocycles. The standard InChI is InChI=1S/C42H42ClN3O4.ClH/c1-31(2)35-14-18-37(19-15-35)48-29-34-9-7-33(8-10-34)28-45-23-25-46(26-24-45)42(47)22-13-32-11-16-38(17-12-32)50-41-21-20-39(27-44-41)49-30-36-5-3-4-6-40(36)43;/h3-22,27,31H,23-26,28-30H2,1-2H3;1H/b22-13+;. The summed E-state index contributed by atoms with van der Waals surface area (Å²) >= 11 is 6.20. The van der Waals surface area contributed by atoms with E-state index in [1.807, 2.05) is 77.7 Å². The Morgan fingerprint density at radius 2 is 1.41 bits per heavy atom. The summed E-state index contributed by atoms with van der Waals surface area (Å²) in [4.78, 5) is 21.6. The summed E-state index contributed by atoms with van der Waals surface area (Å²) in [5.41, 5.74) is 5.54. The molecule has 264 valence electrons. The first-order valence-corrected chi connectivity index (χ1v) is 17.4. The van der Waals surface area contributed by atoms with Gasteiger partial charge in [0.25, 0.3) is 0 Å². The minimum absolute atomic E-state index is 0. The fourth-order valence-corrected chi connectivity index (χ4v) is 5.76. The molecule has 1 fully saturated rings. The number of carbonyl (C=O) groups excluding carboxylic acids is 1. The highest BCUT2D eigenvalue weighted by Gasteiger charge is 2.19. The van der Waals surface area contributed by atoms with Crippen molar-refractivity contribution in [3.63, 3.8) is 0 Å². The fraction of sp³-hybridized carbons (Fsp3) is 0.238. The van der Waals surface area contributed by atoms with Gasteiger partial charge in [-0.15, -0.1) is 12.4 Å². The van der Waals surface area contributed by atoms with Crippen LogP contribution < -0.4 is 14.2 Å². The van der Waals surface area contributed by atoms with Crippen molar-refractivity contribution >= 4 is 36.0 Å². The largest absolute Gasteiger partial charge is 0.489 e. The molecule has 0 atom stereocenters. The maximum atomic E-state index is 12.9. The number of rotatable bonds is 13. The van der Waals surface area contributed by atoms with Crippen LogP contribution in [0.4, 0.5) is 0 Å². The third-order valence-electron chi connectivity index (χ3n) is 8.65. The molecule has 1 amide bonds. The molecule has 2 heterocycles. The molecule has 51 heavy (non-hydrogen) atoms. The quantitative estimate of drug-likeness (QED) is 0.113. The minimum Gasteiger partial charge on any atom is -0.489 e. The number of carbonyl (C=O) groups is 1. The molecule has 0 N–H and O–H groups in total. The number of nitrogens with zero attached hydrogens (tertiary/aromatic N) is 3. The van der Waals surface area contributed by atoms with Crippen molar-refractivity contribution in [1.82, 2.24) is 14.8 Å². The predicted molar refractivity (Wildman–Crippen MR) is 206 cm³/mol. The van der Waals surface area contributed by atoms with Gasteiger partial charge in [-0.05, 0) is 70.6 Å². The Labute approximate surface area is 311 Å². The van der Waals surface area contributed by atoms with E-state index >= 15 is 0 Å². The van der Waals surface area contributed by atoms with Gasteiger partial charge >= 0.3 is 0 Å². The zero-order valence-corrected chi connectivity index (χ0v) is 30.5. The first kappa shape index (κ1) is 37.4. The molecule has 0 spiro atoms. The van der Waals surface area contributed by atoms with Crippen LogP contribution >= 0.6 is 24.0 Å². The van der Waals surface area contributed by atoms with Crippen LogP contribution in [-0.2, 0) is 24.6 Å². The molecule has 0 unspecified atom stereocenters. The first-order valence-electron chi connectivity index (χ1n) is 17.0. The highest BCUT2D eigenvalue weighted by molar-refractivity contribution is 6.31. The van der Waals surface area contributed by atoms with Gasteiger partial charge in [0.2, 0.25) is 11.8 Å². The van der Waals surface area contributed by atoms with Crippen LogP contribution in [0.2, 0.25) is 5.02 Å². The second-order valence-corrected chi connectivity index (χ2v) is 13.1. The van der Waals surface area contributed by atoms with Crippen molar-refractivity contribution < 1.29 is 19.0 Å². The number of benzene rings is 4. The van der Waals surface area contributed by atoms with Crippen LogP contribution in [0.3, 0.4) is 0 Å². The number of hydrogen-bond donors (Lipinski definition) is 0. The second-order valence-electron chi connectivity index (χ2n) is 12.6. The van der Waals surface area contributed by atoms with Crippen LogP contribution in [0, 0.1) is 0 Å². The molecule has 7 nitrogen and oxygen atoms in total. The van der Waals surface area contributed by atoms with E-state index in [0.717, 1.165) is 42.1 Å². The molecule has 1 aliphatic rings. The summed E-state index contributed by atoms with van der Waals surface area (Å²) in [7, 11) is 0. The van der Waals surface area contributed by atoms with Gasteiger partial charge in [0.15, 0.2) is 0 Å². The first-order chi connectivity index (χ1) is 24.4. The van der Waals surface area contributed by atoms with E-state index in [1.165, 1.54) is 11.1 Å². The van der Waals surface area contributed by atoms with E-state index in [0.29, 0.717) is 54.6 Å². The zero-order chi connectivity index (χ0) is 34.7. The van der Waals surface area contributed by atoms with Crippen molar-refractivity contribution in [2.45, 2.75) is 39.5 Å². The number of pyridine rings is 1. The number of ether oxygens (including phenoxy) is 3. The Morgan fingerprint density at radius 1 is 0.765 bits per heavy atom. The van der Waals surface area contributed by atoms with E-state index < -0.39 is 0 Å². The smallest absolute Gasteiger partial charge is 0.246 e. The molecule has 1 aromatic heterocycles. The summed E-state index contributed by atoms with van der Waals surface area (Å²) in [6, 6.07) is 35.6. The summed E-state index contributed by atoms with van der Waals surface area (Å²) in [6.07, 6.45) is 5.11. The average Bonchev–Trinajstić information content (AvgIpc) is 3.15. The van der Waals surface area contributed by atoms with Gasteiger partial charge in [-0.3, -0.25) is 9.69 Å². The summed E-state index contributed by atoms with van der Waals surface area (Å²) in [5, 5.41) is 0.668. The monoisotopic (exact) mass is 723 g/mol. The van der Waals surface area contributed by atoms with Gasteiger partial charge in [0.05, 0.1) is 6.20 Å². The van der Waals surface area contributed by atoms with E-state index in [2.05, 4.69) is 60.1 Å². The van der Waals surface area contributed by atoms with Crippen molar-refractivity contribution in [2.24, 2.45) is 0 Å². The van der Waals surface area contributed by atoms with Crippen molar-refractivity contribution in [1.29, 1.82) is 0 Å². The number of aromatic nitrogens is 1. The Bertz CT molecular complexity index is 1860. The lowest BCUT2D eigenvalue weighted by atomic mass is 10.0. The summed E-state index contributed by atoms with van der Waals surface area (Å²) in [6.45, 7) is 9.23. The normalized spacial score (nSPS) is 13.2. The van der Waals surface area contributed by atoms with Crippen LogP contribution in [0.25, 0.3) is 6.08 Å². The summed E-state index contributed by atoms with van der Waals surface area (Å²) < 4.78 is 17.7. The zero-order valence-electron chi connectivity index (χ0n) is 28.9. The average molecular weight is 725 g/mol. The molecular weight excluding hydrogens is 681 g/mol. The maximum absolute atomic E-state index is 12.9. The van der Waals surface area contributed by atoms with Crippen LogP contribution in [-0.4, -0.2) is 46.9 Å². The Hall–Kier alpha value is -4.82. The minimum atomic E-state index is 0. The van der Waals surface area contributed by atoms with Gasteiger partial charge < -0.3 is 19.1 Å². The lowest BCUT2D eigenvalue weighted by molar-refractivity contribution is -0.127. The summed E-state index contributed by atoms with van der Waals surface area (Å²) in [5.74, 6) is 3.15. The van der Waals surface area contributed by atoms with E-state index in [1.54, 1.807) is 18.3 Å². The van der Waals surface area contributed by atoms with Crippen LogP contribution in [0.5, 0.6) is 23.1 Å². The Morgan fingerprint density at radius 3 is 2.08 bits per heavy atom. The molecule has 1 aliphatic heterocycles. The number of amides is 1. The second kappa shape index (κ2) is 18.4. The number of hydrogen-bond acceptors (Lipinski definition) is 6. The molecular formula is C42H43Cl2N3O4. The van der Waals surface area contributed by atoms with E-state index in [9.17, 15) is 4.79 Å². The molecule has 0 bridgehead atoms. The molecule has 4 aromatic carbocycles. The van der Waals surface area contributed by atoms with E-state index in [4.69, 9.17) is 25.8 Å². The van der Waals surface area contributed by atoms with Crippen molar-refractivity contribution in [2.75, 3.05) is 26.2 Å². The van der Waals surface area contributed by atoms with Gasteiger partial charge in [-0.2, -0.15) is 0 Å². The highest BCUT2D eigenvalue weighted by atomic mass is 35.5. The van der Waals surface area contributed by atoms with Gasteiger partial charge in [-0.1, -0.05) is 92.2 Å². The van der Waals surface area contributed by atoms with Gasteiger partial charge in [0.1, 0.15) is 30.5 Å². The highest BCUT2D eigenvalue weighted by Crippen LogP contribution is 2.24. The lowest BCUT2D eigenvalue weighted by Crippen LogP contribution is -2.47. The maximum Gasteiger partial charge on any atom is 0.246 e. The van der Waals surface area contributed by atoms with Crippen molar-refractivity contribution in [3.05, 3.63) is 154 Å². The van der Waals surface area contributed by atoms with Crippen molar-refractivity contribution in [3.8, 4) is 23.1 Å². The van der Waals surface area contributed by atoms with Gasteiger partial charge in [0, 0.05) is 55.5 Å². The molecule has 6 rings (SSSR count). The Balaban J connectivity index is 0.00000504. The Kier molecular flexibility index (Phi) is 13.5. The third-order valence-corrected chi connectivity index (χ3v) is 9.02.